The van der Waals surface area contributed by atoms with Crippen molar-refractivity contribution < 1.29 is 9.53 Å². The lowest BCUT2D eigenvalue weighted by Crippen LogP contribution is -2.18. The first-order chi connectivity index (χ1) is 6.77. The summed E-state index contributed by atoms with van der Waals surface area (Å²) in [4.78, 5) is 13.4. The van der Waals surface area contributed by atoms with Gasteiger partial charge in [0.05, 0.1) is 12.2 Å². The Hall–Kier alpha value is -1.25. The maximum absolute atomic E-state index is 11.4. The van der Waals surface area contributed by atoms with Crippen LogP contribution in [0.25, 0.3) is 0 Å². The third-order valence-corrected chi connectivity index (χ3v) is 1.98. The van der Waals surface area contributed by atoms with Crippen LogP contribution in [0.2, 0.25) is 0 Å². The summed E-state index contributed by atoms with van der Waals surface area (Å²) in [6, 6.07) is 0. The van der Waals surface area contributed by atoms with Gasteiger partial charge in [0.25, 0.3) is 0 Å². The molecular weight excluding hydrogens is 178 g/mol. The monoisotopic (exact) mass is 195 g/mol. The Morgan fingerprint density at radius 3 is 3.00 bits per heavy atom. The van der Waals surface area contributed by atoms with Crippen LogP contribution in [0.3, 0.4) is 0 Å². The molecule has 3 nitrogen and oxygen atoms in total. The molecular formula is C11H17NO2. The lowest BCUT2D eigenvalue weighted by Gasteiger charge is -2.19. The molecule has 0 aromatic rings. The van der Waals surface area contributed by atoms with E-state index in [0.717, 1.165) is 18.5 Å². The molecule has 1 rings (SSSR count). The second kappa shape index (κ2) is 5.47. The Morgan fingerprint density at radius 2 is 2.36 bits per heavy atom. The first kappa shape index (κ1) is 10.8. The van der Waals surface area contributed by atoms with E-state index < -0.39 is 0 Å². The third-order valence-electron chi connectivity index (χ3n) is 1.98. The molecule has 14 heavy (non-hydrogen) atoms. The van der Waals surface area contributed by atoms with Crippen LogP contribution in [0.1, 0.15) is 26.7 Å². The van der Waals surface area contributed by atoms with Crippen LogP contribution in [0.15, 0.2) is 24.0 Å². The average molecular weight is 195 g/mol. The van der Waals surface area contributed by atoms with Gasteiger partial charge in [-0.1, -0.05) is 13.0 Å². The van der Waals surface area contributed by atoms with Gasteiger partial charge in [0.15, 0.2) is 0 Å². The highest BCUT2D eigenvalue weighted by Gasteiger charge is 2.12. The molecule has 0 aromatic heterocycles. The van der Waals surface area contributed by atoms with Gasteiger partial charge >= 0.3 is 5.97 Å². The summed E-state index contributed by atoms with van der Waals surface area (Å²) in [5.41, 5.74) is 0.739. The fourth-order valence-electron chi connectivity index (χ4n) is 1.37. The number of hydrogen-bond donors (Lipinski definition) is 0. The van der Waals surface area contributed by atoms with Gasteiger partial charge in [0.1, 0.15) is 0 Å². The zero-order chi connectivity index (χ0) is 10.4. The summed E-state index contributed by atoms with van der Waals surface area (Å²) in [6.07, 6.45) is 7.62. The van der Waals surface area contributed by atoms with Gasteiger partial charge in [0, 0.05) is 19.2 Å². The second-order valence-electron chi connectivity index (χ2n) is 3.20. The van der Waals surface area contributed by atoms with Crippen LogP contribution >= 0.6 is 0 Å². The van der Waals surface area contributed by atoms with Crippen molar-refractivity contribution in [3.8, 4) is 0 Å². The molecule has 0 radical (unpaired) electrons. The van der Waals surface area contributed by atoms with Crippen LogP contribution in [0.4, 0.5) is 0 Å². The number of allylic oxidation sites excluding steroid dienone is 1. The molecule has 0 bridgehead atoms. The van der Waals surface area contributed by atoms with Gasteiger partial charge in [-0.3, -0.25) is 0 Å². The van der Waals surface area contributed by atoms with Crippen LogP contribution in [0.5, 0.6) is 0 Å². The molecule has 0 aromatic carbocycles. The molecule has 3 heteroatoms. The highest BCUT2D eigenvalue weighted by Crippen LogP contribution is 2.13. The van der Waals surface area contributed by atoms with Crippen LogP contribution in [0, 0.1) is 0 Å². The number of hydrogen-bond acceptors (Lipinski definition) is 3. The Kier molecular flexibility index (Phi) is 4.23. The Labute approximate surface area is 85.0 Å². The SMILES string of the molecule is CCCN1C=CCC(C(=O)OCC)=C1. The largest absolute Gasteiger partial charge is 0.463 e. The van der Waals surface area contributed by atoms with Crippen molar-refractivity contribution >= 4 is 5.97 Å². The molecule has 1 aliphatic heterocycles. The number of rotatable bonds is 4. The van der Waals surface area contributed by atoms with Crippen molar-refractivity contribution in [3.63, 3.8) is 0 Å². The Morgan fingerprint density at radius 1 is 1.57 bits per heavy atom. The Bertz CT molecular complexity index is 256. The zero-order valence-corrected chi connectivity index (χ0v) is 8.82. The quantitative estimate of drug-likeness (QED) is 0.643. The van der Waals surface area contributed by atoms with Crippen LogP contribution in [-0.2, 0) is 9.53 Å². The summed E-state index contributed by atoms with van der Waals surface area (Å²) < 4.78 is 4.94. The fraction of sp³-hybridized carbons (Fsp3) is 0.545. The van der Waals surface area contributed by atoms with E-state index in [9.17, 15) is 4.79 Å². The molecule has 1 heterocycles. The van der Waals surface area contributed by atoms with E-state index >= 15 is 0 Å². The van der Waals surface area contributed by atoms with E-state index in [4.69, 9.17) is 4.74 Å². The van der Waals surface area contributed by atoms with Crippen LogP contribution in [-0.4, -0.2) is 24.0 Å². The van der Waals surface area contributed by atoms with Crippen molar-refractivity contribution in [2.45, 2.75) is 26.7 Å². The average Bonchev–Trinajstić information content (AvgIpc) is 2.19. The van der Waals surface area contributed by atoms with Crippen molar-refractivity contribution in [1.29, 1.82) is 0 Å². The van der Waals surface area contributed by atoms with E-state index in [1.807, 2.05) is 30.3 Å². The Balaban J connectivity index is 2.56. The number of carbonyl (C=O) groups excluding carboxylic acids is 1. The van der Waals surface area contributed by atoms with Gasteiger partial charge in [-0.05, 0) is 19.5 Å². The van der Waals surface area contributed by atoms with Crippen molar-refractivity contribution in [1.82, 2.24) is 4.90 Å². The van der Waals surface area contributed by atoms with E-state index in [0.29, 0.717) is 13.0 Å². The van der Waals surface area contributed by atoms with Crippen molar-refractivity contribution in [2.75, 3.05) is 13.2 Å². The minimum atomic E-state index is -0.196. The fourth-order valence-corrected chi connectivity index (χ4v) is 1.37. The molecule has 0 fully saturated rings. The lowest BCUT2D eigenvalue weighted by atomic mass is 10.1. The van der Waals surface area contributed by atoms with Gasteiger partial charge in [-0.25, -0.2) is 4.79 Å². The summed E-state index contributed by atoms with van der Waals surface area (Å²) in [6.45, 7) is 5.31. The minimum absolute atomic E-state index is 0.196. The van der Waals surface area contributed by atoms with Crippen molar-refractivity contribution in [3.05, 3.63) is 24.0 Å². The number of ether oxygens (including phenoxy) is 1. The second-order valence-corrected chi connectivity index (χ2v) is 3.20. The summed E-state index contributed by atoms with van der Waals surface area (Å²) >= 11 is 0. The molecule has 0 atom stereocenters. The predicted octanol–water partition coefficient (Wildman–Crippen LogP) is 2.06. The van der Waals surface area contributed by atoms with Gasteiger partial charge < -0.3 is 9.64 Å². The molecule has 0 amide bonds. The van der Waals surface area contributed by atoms with E-state index in [-0.39, 0.29) is 5.97 Å². The molecule has 0 aliphatic carbocycles. The smallest absolute Gasteiger partial charge is 0.335 e. The maximum atomic E-state index is 11.4. The van der Waals surface area contributed by atoms with E-state index in [1.54, 1.807) is 0 Å². The molecule has 78 valence electrons. The number of esters is 1. The standard InChI is InChI=1S/C11H17NO2/c1-3-7-12-8-5-6-10(9-12)11(13)14-4-2/h5,8-9H,3-4,6-7H2,1-2H3. The normalized spacial score (nSPS) is 15.3. The predicted molar refractivity (Wildman–Crippen MR) is 55.5 cm³/mol. The first-order valence-electron chi connectivity index (χ1n) is 5.08. The zero-order valence-electron chi connectivity index (χ0n) is 8.82. The third kappa shape index (κ3) is 2.91. The van der Waals surface area contributed by atoms with Gasteiger partial charge in [0.2, 0.25) is 0 Å². The van der Waals surface area contributed by atoms with E-state index in [2.05, 4.69) is 6.92 Å². The van der Waals surface area contributed by atoms with Gasteiger partial charge in [-0.2, -0.15) is 0 Å². The number of nitrogens with zero attached hydrogens (tertiary/aromatic N) is 1. The summed E-state index contributed by atoms with van der Waals surface area (Å²) in [7, 11) is 0. The number of carbonyl (C=O) groups is 1. The maximum Gasteiger partial charge on any atom is 0.335 e. The highest BCUT2D eigenvalue weighted by molar-refractivity contribution is 5.88. The molecule has 0 unspecified atom stereocenters. The van der Waals surface area contributed by atoms with Gasteiger partial charge in [-0.15, -0.1) is 0 Å². The molecule has 0 spiro atoms. The lowest BCUT2D eigenvalue weighted by molar-refractivity contribution is -0.138. The first-order valence-corrected chi connectivity index (χ1v) is 5.08. The van der Waals surface area contributed by atoms with Crippen LogP contribution < -0.4 is 0 Å². The topological polar surface area (TPSA) is 29.5 Å². The van der Waals surface area contributed by atoms with Crippen molar-refractivity contribution in [2.24, 2.45) is 0 Å². The molecule has 0 saturated carbocycles. The van der Waals surface area contributed by atoms with E-state index in [1.165, 1.54) is 0 Å². The molecule has 0 saturated heterocycles. The summed E-state index contributed by atoms with van der Waals surface area (Å²) in [5.74, 6) is -0.196. The highest BCUT2D eigenvalue weighted by atomic mass is 16.5. The molecule has 1 aliphatic rings. The minimum Gasteiger partial charge on any atom is -0.463 e. The summed E-state index contributed by atoms with van der Waals surface area (Å²) in [5, 5.41) is 0. The molecule has 0 N–H and O–H groups in total.